The maximum Gasteiger partial charge on any atom is 0.410 e. The van der Waals surface area contributed by atoms with E-state index in [2.05, 4.69) is 25.3 Å². The van der Waals surface area contributed by atoms with Crippen molar-refractivity contribution in [1.29, 1.82) is 0 Å². The first kappa shape index (κ1) is 62.0. The number of amides is 3. The van der Waals surface area contributed by atoms with Gasteiger partial charge in [-0.1, -0.05) is 50.9 Å². The van der Waals surface area contributed by atoms with Crippen LogP contribution in [0.3, 0.4) is 0 Å². The number of fused-ring (bicyclic) bond motifs is 6. The summed E-state index contributed by atoms with van der Waals surface area (Å²) in [4.78, 5) is 116. The molecule has 4 atom stereocenters. The number of rotatable bonds is 7. The van der Waals surface area contributed by atoms with Crippen LogP contribution in [0.5, 0.6) is 0 Å². The molecular formula is C57H66Cl2F2N12O11. The number of carbonyl (C=O) groups is 4. The van der Waals surface area contributed by atoms with Gasteiger partial charge in [-0.05, 0) is 116 Å². The van der Waals surface area contributed by atoms with Crippen molar-refractivity contribution >= 4 is 92.1 Å². The lowest BCUT2D eigenvalue weighted by Crippen LogP contribution is -2.65. The number of anilines is 3. The molecule has 84 heavy (non-hydrogen) atoms. The van der Waals surface area contributed by atoms with E-state index in [1.807, 2.05) is 41.5 Å². The summed E-state index contributed by atoms with van der Waals surface area (Å²) >= 11 is 12.3. The first-order valence-electron chi connectivity index (χ1n) is 27.0. The summed E-state index contributed by atoms with van der Waals surface area (Å²) in [6.45, 7) is 24.8. The van der Waals surface area contributed by atoms with Gasteiger partial charge in [0.05, 0.1) is 59.0 Å². The molecule has 9 rings (SSSR count). The number of aryl methyl sites for hydroxylation is 2. The van der Waals surface area contributed by atoms with Crippen LogP contribution in [0.4, 0.5) is 41.1 Å². The fourth-order valence-electron chi connectivity index (χ4n) is 10.7. The number of carbonyl (C=O) groups excluding carboxylic acids is 4. The van der Waals surface area contributed by atoms with Crippen LogP contribution in [0.15, 0.2) is 46.2 Å². The zero-order valence-electron chi connectivity index (χ0n) is 49.2. The molecule has 6 aromatic heterocycles. The van der Waals surface area contributed by atoms with E-state index < -0.39 is 91.9 Å². The highest BCUT2D eigenvalue weighted by atomic mass is 35.5. The summed E-state index contributed by atoms with van der Waals surface area (Å²) < 4.78 is 48.6. The van der Waals surface area contributed by atoms with E-state index in [9.17, 15) is 43.3 Å². The fourth-order valence-corrected chi connectivity index (χ4v) is 11.0. The highest BCUT2D eigenvalue weighted by Gasteiger charge is 2.47. The molecule has 3 aliphatic heterocycles. The molecule has 2 saturated heterocycles. The van der Waals surface area contributed by atoms with Crippen molar-refractivity contribution in [3.63, 3.8) is 0 Å². The molecule has 2 fully saturated rings. The second-order valence-electron chi connectivity index (χ2n) is 23.6. The van der Waals surface area contributed by atoms with Crippen molar-refractivity contribution in [2.45, 2.75) is 144 Å². The predicted octanol–water partition coefficient (Wildman–Crippen LogP) is 9.67. The molecule has 0 spiro atoms. The topological polar surface area (TPSA) is 260 Å². The normalized spacial score (nSPS) is 18.1. The molecule has 0 aliphatic carbocycles. The first-order valence-corrected chi connectivity index (χ1v) is 27.8. The standard InChI is InChI=1S/C29H34ClFN6O7.C28H32ClFN6O4/c1-14(2)20-21(15(3)9-10-32-20)36-25-17(11-18(31)24(30)33-25)22(23(26(36)38)37(41)42)35-12-16(4)34(13-19(35)27(39)43-8)28(40)44-29(5,6)7;1-13(2)19-21(14(3)8-9-31-19)36-24-16(10-17(30)23(29)33-24)22-20(26(36)38)32-25(37)18-12-34(15(4)11-35(18)22)27(39)40-28(5,6)7/h9-11,14,16,19H,12-13H2,1-8H3;8-10,13,15,18H,11-12H2,1-7H3,(H,32,37)/t16-,19-;15-,18-/m11/s1. The third-order valence-electron chi connectivity index (χ3n) is 14.4. The van der Waals surface area contributed by atoms with Crippen LogP contribution in [-0.4, -0.2) is 137 Å². The van der Waals surface area contributed by atoms with Crippen molar-refractivity contribution in [2.75, 3.05) is 48.4 Å². The number of pyridine rings is 6. The lowest BCUT2D eigenvalue weighted by atomic mass is 9.99. The second kappa shape index (κ2) is 23.2. The molecule has 6 aromatic rings. The van der Waals surface area contributed by atoms with Gasteiger partial charge in [0.25, 0.3) is 5.56 Å². The van der Waals surface area contributed by atoms with E-state index in [1.54, 1.807) is 84.8 Å². The summed E-state index contributed by atoms with van der Waals surface area (Å²) in [5.74, 6) is -3.32. The number of halogens is 4. The van der Waals surface area contributed by atoms with Gasteiger partial charge < -0.3 is 39.1 Å². The quantitative estimate of drug-likeness (QED) is 0.0512. The molecule has 27 heteroatoms. The molecule has 3 amide bonds. The van der Waals surface area contributed by atoms with Crippen LogP contribution in [0.25, 0.3) is 33.4 Å². The minimum absolute atomic E-state index is 0.00755. The Labute approximate surface area is 491 Å². The molecule has 23 nitrogen and oxygen atoms in total. The van der Waals surface area contributed by atoms with Crippen LogP contribution < -0.4 is 26.2 Å². The summed E-state index contributed by atoms with van der Waals surface area (Å²) in [6.07, 6.45) is 1.97. The molecule has 0 saturated carbocycles. The number of ether oxygens (including phenoxy) is 3. The van der Waals surface area contributed by atoms with Gasteiger partial charge in [0.15, 0.2) is 33.2 Å². The van der Waals surface area contributed by atoms with Crippen LogP contribution in [-0.2, 0) is 23.8 Å². The number of aromatic nitrogens is 6. The number of nitro groups is 1. The van der Waals surface area contributed by atoms with Gasteiger partial charge in [-0.25, -0.2) is 33.1 Å². The van der Waals surface area contributed by atoms with Crippen molar-refractivity contribution in [2.24, 2.45) is 0 Å². The summed E-state index contributed by atoms with van der Waals surface area (Å²) in [6, 6.07) is 2.39. The lowest BCUT2D eigenvalue weighted by molar-refractivity contribution is -0.385. The lowest BCUT2D eigenvalue weighted by Gasteiger charge is -2.48. The summed E-state index contributed by atoms with van der Waals surface area (Å²) in [5, 5.41) is 14.7. The number of nitrogens with zero attached hydrogens (tertiary/aromatic N) is 11. The minimum atomic E-state index is -1.33. The number of nitrogens with one attached hydrogen (secondary N) is 1. The first-order chi connectivity index (χ1) is 39.2. The van der Waals surface area contributed by atoms with Gasteiger partial charge in [-0.2, -0.15) is 0 Å². The Morgan fingerprint density at radius 3 is 1.58 bits per heavy atom. The molecule has 448 valence electrons. The van der Waals surface area contributed by atoms with Crippen molar-refractivity contribution in [3.05, 3.63) is 112 Å². The number of hydrogen-bond acceptors (Lipinski definition) is 17. The SMILES string of the molecule is COC(=O)[C@H]1CN(C(=O)OC(C)(C)C)[C@H](C)CN1c1c([N+](=O)[O-])c(=O)n(-c2c(C)ccnc2C(C)C)c2nc(Cl)c(F)cc12.Cc1ccnc(C(C)C)c1-n1c(=O)c2c(c3cc(F)c(Cl)nc31)N1C[C@@H](C)N(C(=O)OC(C)(C)C)C[C@@H]1C(=O)N2. The molecule has 0 bridgehead atoms. The van der Waals surface area contributed by atoms with E-state index in [0.29, 0.717) is 33.7 Å². The monoisotopic (exact) mass is 1200 g/mol. The molecule has 9 heterocycles. The molecule has 0 radical (unpaired) electrons. The maximum absolute atomic E-state index is 15.1. The van der Waals surface area contributed by atoms with Crippen molar-refractivity contribution < 1.29 is 47.1 Å². The highest BCUT2D eigenvalue weighted by Crippen LogP contribution is 2.43. The zero-order valence-corrected chi connectivity index (χ0v) is 50.7. The summed E-state index contributed by atoms with van der Waals surface area (Å²) in [5.41, 5.74) is -0.979. The average Bonchev–Trinajstić information content (AvgIpc) is 0.822. The van der Waals surface area contributed by atoms with Gasteiger partial charge >= 0.3 is 29.4 Å². The fraction of sp³-hybridized carbons (Fsp3) is 0.474. The number of hydrogen-bond donors (Lipinski definition) is 1. The highest BCUT2D eigenvalue weighted by molar-refractivity contribution is 6.30. The Hall–Kier alpha value is -8.06. The number of piperazine rings is 2. The molecule has 1 N–H and O–H groups in total. The smallest absolute Gasteiger partial charge is 0.410 e. The third-order valence-corrected chi connectivity index (χ3v) is 14.9. The molecule has 3 aliphatic rings. The van der Waals surface area contributed by atoms with Crippen LogP contribution in [0.2, 0.25) is 10.3 Å². The van der Waals surface area contributed by atoms with E-state index in [4.69, 9.17) is 37.4 Å². The summed E-state index contributed by atoms with van der Waals surface area (Å²) in [7, 11) is 1.13. The number of esters is 1. The average molecular weight is 1200 g/mol. The van der Waals surface area contributed by atoms with Crippen molar-refractivity contribution in [3.8, 4) is 11.4 Å². The maximum atomic E-state index is 15.1. The van der Waals surface area contributed by atoms with Crippen LogP contribution >= 0.6 is 23.2 Å². The Balaban J connectivity index is 0.000000220. The molecule has 0 aromatic carbocycles. The number of methoxy groups -OCH3 is 1. The van der Waals surface area contributed by atoms with Gasteiger partial charge in [0.2, 0.25) is 5.91 Å². The van der Waals surface area contributed by atoms with Gasteiger partial charge in [-0.15, -0.1) is 0 Å². The predicted molar refractivity (Wildman–Crippen MR) is 312 cm³/mol. The van der Waals surface area contributed by atoms with Crippen LogP contribution in [0.1, 0.15) is 117 Å². The van der Waals surface area contributed by atoms with Gasteiger partial charge in [0, 0.05) is 43.0 Å². The molecule has 0 unspecified atom stereocenters. The van der Waals surface area contributed by atoms with E-state index in [0.717, 1.165) is 23.3 Å². The van der Waals surface area contributed by atoms with Gasteiger partial charge in [-0.3, -0.25) is 43.6 Å². The largest absolute Gasteiger partial charge is 0.467 e. The van der Waals surface area contributed by atoms with E-state index in [1.165, 1.54) is 25.3 Å². The van der Waals surface area contributed by atoms with Gasteiger partial charge in [0.1, 0.15) is 34.7 Å². The Morgan fingerprint density at radius 1 is 0.702 bits per heavy atom. The third kappa shape index (κ3) is 11.6. The Bertz CT molecular complexity index is 3830. The van der Waals surface area contributed by atoms with E-state index in [-0.39, 0.29) is 83.0 Å². The zero-order chi connectivity index (χ0) is 62.1. The van der Waals surface area contributed by atoms with Crippen molar-refractivity contribution in [1.82, 2.24) is 38.9 Å². The minimum Gasteiger partial charge on any atom is -0.467 e. The van der Waals surface area contributed by atoms with Crippen LogP contribution in [0, 0.1) is 35.6 Å². The molecular weight excluding hydrogens is 1140 g/mol. The Kier molecular flexibility index (Phi) is 17.1. The second-order valence-corrected chi connectivity index (χ2v) is 24.3. The van der Waals surface area contributed by atoms with E-state index >= 15 is 4.39 Å². The Morgan fingerprint density at radius 2 is 1.14 bits per heavy atom.